The second kappa shape index (κ2) is 14.6. The monoisotopic (exact) mass is 709 g/mol. The molecule has 4 aromatic rings. The van der Waals surface area contributed by atoms with Gasteiger partial charge in [0.25, 0.3) is 5.91 Å². The van der Waals surface area contributed by atoms with E-state index in [1.165, 1.54) is 5.56 Å². The summed E-state index contributed by atoms with van der Waals surface area (Å²) in [5.41, 5.74) is 3.22. The maximum Gasteiger partial charge on any atom is 0.254 e. The molecule has 1 saturated heterocycles. The van der Waals surface area contributed by atoms with Gasteiger partial charge < -0.3 is 9.80 Å². The van der Waals surface area contributed by atoms with Crippen LogP contribution in [0.4, 0.5) is 0 Å². The number of carbonyl (C=O) groups excluding carboxylic acids is 1. The zero-order valence-electron chi connectivity index (χ0n) is 24.7. The average Bonchev–Trinajstić information content (AvgIpc) is 3.03. The number of likely N-dealkylation sites (tertiary alicyclic amines) is 1. The number of rotatable bonds is 9. The summed E-state index contributed by atoms with van der Waals surface area (Å²) >= 11 is 16.2. The Balaban J connectivity index is 1.31. The number of amides is 1. The minimum atomic E-state index is -1.04. The SMILES string of the molecule is CN(C[C@@H](CCN1CCC(c2ccc(Br)cc2[S@](C)=O)CC1)c1ccc(Cl)c(Cl)c1)C(=O)c1cc(C#N)cc2ccccc12. The second-order valence-electron chi connectivity index (χ2n) is 11.5. The lowest BCUT2D eigenvalue weighted by Crippen LogP contribution is -2.36. The molecular formula is C35H34BrCl2N3O2S. The van der Waals surface area contributed by atoms with Crippen LogP contribution in [0.2, 0.25) is 10.0 Å². The maximum atomic E-state index is 13.8. The number of likely N-dealkylation sites (N-methyl/N-ethyl adjacent to an activating group) is 1. The van der Waals surface area contributed by atoms with Crippen molar-refractivity contribution in [3.8, 4) is 6.07 Å². The quantitative estimate of drug-likeness (QED) is 0.175. The Kier molecular flexibility index (Phi) is 10.8. The summed E-state index contributed by atoms with van der Waals surface area (Å²) in [6.07, 6.45) is 4.59. The summed E-state index contributed by atoms with van der Waals surface area (Å²) in [6.45, 7) is 3.26. The summed E-state index contributed by atoms with van der Waals surface area (Å²) in [4.78, 5) is 19.0. The van der Waals surface area contributed by atoms with E-state index in [-0.39, 0.29) is 11.8 Å². The largest absolute Gasteiger partial charge is 0.341 e. The minimum absolute atomic E-state index is 0.0300. The number of hydrogen-bond donors (Lipinski definition) is 0. The van der Waals surface area contributed by atoms with Crippen molar-refractivity contribution in [2.24, 2.45) is 0 Å². The van der Waals surface area contributed by atoms with E-state index in [9.17, 15) is 14.3 Å². The van der Waals surface area contributed by atoms with Crippen molar-refractivity contribution in [2.75, 3.05) is 39.5 Å². The zero-order chi connectivity index (χ0) is 31.4. The van der Waals surface area contributed by atoms with Crippen LogP contribution in [0.3, 0.4) is 0 Å². The summed E-state index contributed by atoms with van der Waals surface area (Å²) in [5.74, 6) is 0.289. The van der Waals surface area contributed by atoms with E-state index in [0.29, 0.717) is 33.6 Å². The van der Waals surface area contributed by atoms with Crippen LogP contribution in [-0.2, 0) is 10.8 Å². The predicted octanol–water partition coefficient (Wildman–Crippen LogP) is 8.64. The maximum absolute atomic E-state index is 13.8. The summed E-state index contributed by atoms with van der Waals surface area (Å²) in [6, 6.07) is 25.2. The van der Waals surface area contributed by atoms with Gasteiger partial charge in [-0.3, -0.25) is 9.00 Å². The molecule has 1 amide bonds. The van der Waals surface area contributed by atoms with E-state index >= 15 is 0 Å². The molecular weight excluding hydrogens is 677 g/mol. The Morgan fingerprint density at radius 3 is 2.52 bits per heavy atom. The fraction of sp³-hybridized carbons (Fsp3) is 0.314. The molecule has 0 aromatic heterocycles. The second-order valence-corrected chi connectivity index (χ2v) is 14.5. The summed E-state index contributed by atoms with van der Waals surface area (Å²) in [7, 11) is 0.778. The van der Waals surface area contributed by atoms with Crippen LogP contribution in [0, 0.1) is 11.3 Å². The fourth-order valence-corrected chi connectivity index (χ4v) is 7.88. The number of piperidine rings is 1. The molecule has 228 valence electrons. The standard InChI is InChI=1S/C35H34BrCl2N3O2S/c1-40(35(42)31-18-23(21-39)17-26-5-3-4-6-29(26)31)22-27(25-7-10-32(37)33(38)19-25)13-16-41-14-11-24(12-15-41)30-9-8-28(36)20-34(30)44(2)43/h3-10,17-20,24,27H,11-16,22H2,1-2H3/t27-,44+/m1/s1. The third-order valence-electron chi connectivity index (χ3n) is 8.58. The van der Waals surface area contributed by atoms with Gasteiger partial charge in [0.15, 0.2) is 0 Å². The molecule has 2 atom stereocenters. The van der Waals surface area contributed by atoms with E-state index in [2.05, 4.69) is 33.0 Å². The number of halogens is 3. The molecule has 0 unspecified atom stereocenters. The molecule has 5 nitrogen and oxygen atoms in total. The first-order valence-corrected chi connectivity index (χ1v) is 17.7. The Morgan fingerprint density at radius 1 is 1.07 bits per heavy atom. The van der Waals surface area contributed by atoms with E-state index in [1.54, 1.807) is 17.2 Å². The Morgan fingerprint density at radius 2 is 1.82 bits per heavy atom. The van der Waals surface area contributed by atoms with Gasteiger partial charge in [-0.15, -0.1) is 0 Å². The van der Waals surface area contributed by atoms with Crippen molar-refractivity contribution < 1.29 is 9.00 Å². The molecule has 1 aliphatic rings. The van der Waals surface area contributed by atoms with Gasteiger partial charge in [0.1, 0.15) is 0 Å². The lowest BCUT2D eigenvalue weighted by molar-refractivity contribution is 0.0783. The van der Waals surface area contributed by atoms with Crippen molar-refractivity contribution in [3.05, 3.63) is 110 Å². The van der Waals surface area contributed by atoms with Gasteiger partial charge in [0, 0.05) is 40.7 Å². The Hall–Kier alpha value is -2.73. The fourth-order valence-electron chi connectivity index (χ4n) is 6.20. The number of hydrogen-bond acceptors (Lipinski definition) is 4. The van der Waals surface area contributed by atoms with E-state index < -0.39 is 10.8 Å². The Labute approximate surface area is 280 Å². The van der Waals surface area contributed by atoms with Crippen LogP contribution in [0.5, 0.6) is 0 Å². The molecule has 0 aliphatic carbocycles. The molecule has 44 heavy (non-hydrogen) atoms. The number of fused-ring (bicyclic) bond motifs is 1. The van der Waals surface area contributed by atoms with Crippen molar-refractivity contribution in [3.63, 3.8) is 0 Å². The molecule has 1 heterocycles. The van der Waals surface area contributed by atoms with Crippen molar-refractivity contribution >= 4 is 66.6 Å². The number of benzene rings is 4. The molecule has 4 aromatic carbocycles. The first kappa shape index (κ1) is 32.7. The van der Waals surface area contributed by atoms with Crippen LogP contribution in [-0.4, -0.2) is 59.4 Å². The molecule has 5 rings (SSSR count). The molecule has 0 N–H and O–H groups in total. The number of nitrogens with zero attached hydrogens (tertiary/aromatic N) is 3. The topological polar surface area (TPSA) is 64.4 Å². The third-order valence-corrected chi connectivity index (χ3v) is 10.8. The van der Waals surface area contributed by atoms with Crippen LogP contribution in [0.15, 0.2) is 82.2 Å². The third kappa shape index (κ3) is 7.55. The molecule has 9 heteroatoms. The zero-order valence-corrected chi connectivity index (χ0v) is 28.6. The van der Waals surface area contributed by atoms with Crippen molar-refractivity contribution in [1.29, 1.82) is 5.26 Å². The van der Waals surface area contributed by atoms with Gasteiger partial charge in [0.2, 0.25) is 0 Å². The highest BCUT2D eigenvalue weighted by atomic mass is 79.9. The lowest BCUT2D eigenvalue weighted by Gasteiger charge is -2.34. The van der Waals surface area contributed by atoms with Gasteiger partial charge in [-0.1, -0.05) is 75.5 Å². The van der Waals surface area contributed by atoms with Crippen LogP contribution < -0.4 is 0 Å². The molecule has 0 saturated carbocycles. The molecule has 0 bridgehead atoms. The lowest BCUT2D eigenvalue weighted by atomic mass is 9.88. The number of nitriles is 1. The van der Waals surface area contributed by atoms with Gasteiger partial charge in [-0.25, -0.2) is 0 Å². The first-order chi connectivity index (χ1) is 21.1. The van der Waals surface area contributed by atoms with E-state index in [4.69, 9.17) is 23.2 Å². The first-order valence-electron chi connectivity index (χ1n) is 14.6. The summed E-state index contributed by atoms with van der Waals surface area (Å²) < 4.78 is 13.4. The highest BCUT2D eigenvalue weighted by Crippen LogP contribution is 2.35. The predicted molar refractivity (Wildman–Crippen MR) is 184 cm³/mol. The average molecular weight is 712 g/mol. The molecule has 1 aliphatic heterocycles. The van der Waals surface area contributed by atoms with E-state index in [0.717, 1.165) is 64.6 Å². The van der Waals surface area contributed by atoms with E-state index in [1.807, 2.05) is 67.7 Å². The van der Waals surface area contributed by atoms with Crippen LogP contribution in [0.25, 0.3) is 10.8 Å². The van der Waals surface area contributed by atoms with Crippen molar-refractivity contribution in [1.82, 2.24) is 9.80 Å². The molecule has 0 spiro atoms. The van der Waals surface area contributed by atoms with Gasteiger partial charge in [-0.05, 0) is 103 Å². The smallest absolute Gasteiger partial charge is 0.254 e. The van der Waals surface area contributed by atoms with Crippen LogP contribution in [0.1, 0.15) is 58.1 Å². The van der Waals surface area contributed by atoms with Gasteiger partial charge >= 0.3 is 0 Å². The van der Waals surface area contributed by atoms with Gasteiger partial charge in [-0.2, -0.15) is 5.26 Å². The highest BCUT2D eigenvalue weighted by Gasteiger charge is 2.26. The van der Waals surface area contributed by atoms with Crippen LogP contribution >= 0.6 is 39.1 Å². The summed E-state index contributed by atoms with van der Waals surface area (Å²) in [5, 5.41) is 12.3. The highest BCUT2D eigenvalue weighted by molar-refractivity contribution is 9.10. The number of carbonyl (C=O) groups is 1. The van der Waals surface area contributed by atoms with Crippen molar-refractivity contribution in [2.45, 2.75) is 36.0 Å². The Bertz CT molecular complexity index is 1750. The minimum Gasteiger partial charge on any atom is -0.341 e. The van der Waals surface area contributed by atoms with Gasteiger partial charge in [0.05, 0.1) is 32.5 Å². The molecule has 0 radical (unpaired) electrons. The normalized spacial score (nSPS) is 15.5. The molecule has 1 fully saturated rings.